The number of hydrogen-bond donors (Lipinski definition) is 0. The fraction of sp³-hybridized carbons (Fsp3) is 0.857. The molecule has 0 saturated heterocycles. The van der Waals surface area contributed by atoms with Crippen LogP contribution in [0.4, 0.5) is 0 Å². The number of hydrogen-bond acceptors (Lipinski definition) is 3. The molecule has 3 heteroatoms. The molecule has 0 aliphatic carbocycles. The van der Waals surface area contributed by atoms with Crippen LogP contribution in [-0.2, 0) is 14.3 Å². The first-order valence-corrected chi connectivity index (χ1v) is 6.82. The van der Waals surface area contributed by atoms with Crippen molar-refractivity contribution >= 4 is 11.8 Å². The van der Waals surface area contributed by atoms with Crippen molar-refractivity contribution in [2.75, 3.05) is 6.61 Å². The predicted molar refractivity (Wildman–Crippen MR) is 68.9 cm³/mol. The molecule has 0 aliphatic rings. The van der Waals surface area contributed by atoms with Crippen LogP contribution in [0.1, 0.15) is 71.6 Å². The number of ether oxygens (including phenoxy) is 1. The Bertz CT molecular complexity index is 212. The average molecular weight is 242 g/mol. The fourth-order valence-corrected chi connectivity index (χ4v) is 1.68. The van der Waals surface area contributed by atoms with Crippen molar-refractivity contribution in [3.8, 4) is 0 Å². The largest absolute Gasteiger partial charge is 0.465 e. The summed E-state index contributed by atoms with van der Waals surface area (Å²) in [5, 5.41) is 0. The normalized spacial score (nSPS) is 10.2. The third kappa shape index (κ3) is 13.1. The van der Waals surface area contributed by atoms with Gasteiger partial charge in [0.25, 0.3) is 0 Å². The molecular formula is C14H26O3. The number of Topliss-reactive ketones (excluding diaryl/α,β-unsaturated/α-hetero) is 1. The molecule has 0 amide bonds. The quantitative estimate of drug-likeness (QED) is 0.315. The molecule has 0 radical (unpaired) electrons. The maximum Gasteiger partial charge on any atom is 0.313 e. The summed E-state index contributed by atoms with van der Waals surface area (Å²) < 4.78 is 4.94. The lowest BCUT2D eigenvalue weighted by Crippen LogP contribution is -2.09. The number of ketones is 1. The molecule has 0 unspecified atom stereocenters. The molecule has 0 rings (SSSR count). The Labute approximate surface area is 105 Å². The molecule has 0 atom stereocenters. The molecule has 0 fully saturated rings. The Hall–Kier alpha value is -0.860. The van der Waals surface area contributed by atoms with Gasteiger partial charge in [-0.2, -0.15) is 0 Å². The molecule has 0 aromatic heterocycles. The highest BCUT2D eigenvalue weighted by Gasteiger charge is 2.05. The average Bonchev–Trinajstić information content (AvgIpc) is 2.26. The second-order valence-corrected chi connectivity index (χ2v) is 4.57. The minimum absolute atomic E-state index is 0.0863. The van der Waals surface area contributed by atoms with Crippen LogP contribution in [0.3, 0.4) is 0 Å². The third-order valence-corrected chi connectivity index (χ3v) is 2.65. The number of rotatable bonds is 11. The number of esters is 1. The van der Waals surface area contributed by atoms with Crippen LogP contribution in [0, 0.1) is 0 Å². The molecule has 0 saturated carbocycles. The Balaban J connectivity index is 3.13. The van der Waals surface area contributed by atoms with E-state index in [0.29, 0.717) is 6.61 Å². The highest BCUT2D eigenvalue weighted by Crippen LogP contribution is 2.08. The minimum Gasteiger partial charge on any atom is -0.465 e. The highest BCUT2D eigenvalue weighted by atomic mass is 16.5. The van der Waals surface area contributed by atoms with Gasteiger partial charge < -0.3 is 4.74 Å². The summed E-state index contributed by atoms with van der Waals surface area (Å²) in [5.74, 6) is -0.522. The second kappa shape index (κ2) is 11.6. The number of unbranched alkanes of at least 4 members (excludes halogenated alkanes) is 7. The maximum atomic E-state index is 11.0. The van der Waals surface area contributed by atoms with Gasteiger partial charge in [-0.3, -0.25) is 9.59 Å². The van der Waals surface area contributed by atoms with Gasteiger partial charge >= 0.3 is 5.97 Å². The van der Waals surface area contributed by atoms with Crippen molar-refractivity contribution in [2.24, 2.45) is 0 Å². The third-order valence-electron chi connectivity index (χ3n) is 2.65. The standard InChI is InChI=1S/C14H26O3/c1-3-4-5-6-7-8-9-10-11-17-14(16)12-13(2)15/h3-12H2,1-2H3. The molecular weight excluding hydrogens is 216 g/mol. The fourth-order valence-electron chi connectivity index (χ4n) is 1.68. The van der Waals surface area contributed by atoms with Gasteiger partial charge in [0.2, 0.25) is 0 Å². The van der Waals surface area contributed by atoms with E-state index < -0.39 is 0 Å². The first-order valence-electron chi connectivity index (χ1n) is 6.82. The molecule has 0 spiro atoms. The smallest absolute Gasteiger partial charge is 0.313 e. The zero-order valence-corrected chi connectivity index (χ0v) is 11.3. The molecule has 0 aromatic rings. The number of carbonyl (C=O) groups is 2. The molecule has 3 nitrogen and oxygen atoms in total. The molecule has 17 heavy (non-hydrogen) atoms. The van der Waals surface area contributed by atoms with Crippen molar-refractivity contribution < 1.29 is 14.3 Å². The van der Waals surface area contributed by atoms with Gasteiger partial charge in [0.05, 0.1) is 6.61 Å². The Morgan fingerprint density at radius 2 is 1.41 bits per heavy atom. The summed E-state index contributed by atoms with van der Waals surface area (Å²) in [5.41, 5.74) is 0. The van der Waals surface area contributed by atoms with E-state index >= 15 is 0 Å². The van der Waals surface area contributed by atoms with Crippen LogP contribution in [-0.4, -0.2) is 18.4 Å². The van der Waals surface area contributed by atoms with Crippen LogP contribution in [0.25, 0.3) is 0 Å². The maximum absolute atomic E-state index is 11.0. The van der Waals surface area contributed by atoms with E-state index in [1.807, 2.05) is 0 Å². The van der Waals surface area contributed by atoms with Crippen LogP contribution in [0.15, 0.2) is 0 Å². The van der Waals surface area contributed by atoms with Gasteiger partial charge in [0, 0.05) is 0 Å². The van der Waals surface area contributed by atoms with Crippen molar-refractivity contribution in [3.63, 3.8) is 0 Å². The Kier molecular flexibility index (Phi) is 11.0. The second-order valence-electron chi connectivity index (χ2n) is 4.57. The van der Waals surface area contributed by atoms with Crippen molar-refractivity contribution in [1.29, 1.82) is 0 Å². The molecule has 0 bridgehead atoms. The molecule has 0 aromatic carbocycles. The first-order chi connectivity index (χ1) is 8.16. The van der Waals surface area contributed by atoms with Crippen molar-refractivity contribution in [3.05, 3.63) is 0 Å². The zero-order chi connectivity index (χ0) is 12.9. The lowest BCUT2D eigenvalue weighted by atomic mass is 10.1. The molecule has 100 valence electrons. The van der Waals surface area contributed by atoms with Crippen LogP contribution < -0.4 is 0 Å². The summed E-state index contributed by atoms with van der Waals surface area (Å²) in [4.78, 5) is 21.6. The molecule has 0 N–H and O–H groups in total. The highest BCUT2D eigenvalue weighted by molar-refractivity contribution is 5.94. The monoisotopic (exact) mass is 242 g/mol. The van der Waals surface area contributed by atoms with Crippen molar-refractivity contribution in [2.45, 2.75) is 71.6 Å². The van der Waals surface area contributed by atoms with E-state index in [2.05, 4.69) is 6.92 Å². The van der Waals surface area contributed by atoms with Gasteiger partial charge in [-0.25, -0.2) is 0 Å². The van der Waals surface area contributed by atoms with Gasteiger partial charge in [0.15, 0.2) is 0 Å². The summed E-state index contributed by atoms with van der Waals surface area (Å²) >= 11 is 0. The van der Waals surface area contributed by atoms with E-state index in [-0.39, 0.29) is 18.2 Å². The predicted octanol–water partition coefficient (Wildman–Crippen LogP) is 3.65. The van der Waals surface area contributed by atoms with Crippen LogP contribution in [0.5, 0.6) is 0 Å². The molecule has 0 heterocycles. The van der Waals surface area contributed by atoms with Gasteiger partial charge in [-0.1, -0.05) is 51.9 Å². The van der Waals surface area contributed by atoms with Crippen LogP contribution in [0.2, 0.25) is 0 Å². The summed E-state index contributed by atoms with van der Waals surface area (Å²) in [7, 11) is 0. The SMILES string of the molecule is CCCCCCCCCCOC(=O)CC(C)=O. The Morgan fingerprint density at radius 3 is 1.94 bits per heavy atom. The topological polar surface area (TPSA) is 43.4 Å². The first kappa shape index (κ1) is 16.1. The van der Waals surface area contributed by atoms with E-state index in [0.717, 1.165) is 12.8 Å². The van der Waals surface area contributed by atoms with E-state index in [1.165, 1.54) is 45.4 Å². The summed E-state index contributed by atoms with van der Waals surface area (Å²) in [6, 6.07) is 0. The van der Waals surface area contributed by atoms with Gasteiger partial charge in [-0.15, -0.1) is 0 Å². The van der Waals surface area contributed by atoms with Gasteiger partial charge in [0.1, 0.15) is 12.2 Å². The molecule has 0 aliphatic heterocycles. The summed E-state index contributed by atoms with van der Waals surface area (Å²) in [6.45, 7) is 4.08. The van der Waals surface area contributed by atoms with Gasteiger partial charge in [-0.05, 0) is 13.3 Å². The minimum atomic E-state index is -0.388. The zero-order valence-electron chi connectivity index (χ0n) is 11.3. The van der Waals surface area contributed by atoms with E-state index in [4.69, 9.17) is 4.74 Å². The lowest BCUT2D eigenvalue weighted by Gasteiger charge is -2.03. The lowest BCUT2D eigenvalue weighted by molar-refractivity contribution is -0.145. The van der Waals surface area contributed by atoms with Crippen molar-refractivity contribution in [1.82, 2.24) is 0 Å². The Morgan fingerprint density at radius 1 is 0.882 bits per heavy atom. The summed E-state index contributed by atoms with van der Waals surface area (Å²) in [6.07, 6.45) is 9.71. The van der Waals surface area contributed by atoms with Crippen LogP contribution >= 0.6 is 0 Å². The number of carbonyl (C=O) groups excluding carboxylic acids is 2. The van der Waals surface area contributed by atoms with E-state index in [1.54, 1.807) is 0 Å². The van der Waals surface area contributed by atoms with E-state index in [9.17, 15) is 9.59 Å².